The Kier molecular flexibility index (Phi) is 4.93. The van der Waals surface area contributed by atoms with Crippen molar-refractivity contribution in [2.24, 2.45) is 5.92 Å². The van der Waals surface area contributed by atoms with Crippen molar-refractivity contribution in [1.82, 2.24) is 4.90 Å². The summed E-state index contributed by atoms with van der Waals surface area (Å²) in [5.74, 6) is 0.139. The van der Waals surface area contributed by atoms with Crippen LogP contribution in [0.5, 0.6) is 0 Å². The fraction of sp³-hybridized carbons (Fsp3) is 0.462. The van der Waals surface area contributed by atoms with Gasteiger partial charge in [-0.3, -0.25) is 4.79 Å². The summed E-state index contributed by atoms with van der Waals surface area (Å²) >= 11 is 9.19. The summed E-state index contributed by atoms with van der Waals surface area (Å²) in [6.07, 6.45) is 0.917. The second-order valence-electron chi connectivity index (χ2n) is 5.35. The van der Waals surface area contributed by atoms with Crippen LogP contribution in [-0.2, 0) is 9.05 Å². The van der Waals surface area contributed by atoms with Crippen LogP contribution in [0.1, 0.15) is 30.6 Å². The highest BCUT2D eigenvalue weighted by Crippen LogP contribution is 2.33. The average Bonchev–Trinajstić information content (AvgIpc) is 2.66. The Hall–Kier alpha value is -0.300. The van der Waals surface area contributed by atoms with E-state index in [1.54, 1.807) is 4.90 Å². The van der Waals surface area contributed by atoms with Crippen LogP contribution in [0.4, 0.5) is 0 Å². The summed E-state index contributed by atoms with van der Waals surface area (Å²) in [5.41, 5.74) is 0.153. The lowest BCUT2D eigenvalue weighted by Gasteiger charge is -2.22. The van der Waals surface area contributed by atoms with Crippen molar-refractivity contribution in [3.63, 3.8) is 0 Å². The Labute approximate surface area is 142 Å². The molecule has 1 aromatic rings. The molecule has 0 saturated carbocycles. The van der Waals surface area contributed by atoms with Crippen molar-refractivity contribution < 1.29 is 13.2 Å². The second-order valence-corrected chi connectivity index (χ2v) is 9.14. The Morgan fingerprint density at radius 3 is 2.48 bits per heavy atom. The van der Waals surface area contributed by atoms with E-state index in [0.29, 0.717) is 12.5 Å². The lowest BCUT2D eigenvalue weighted by molar-refractivity contribution is 0.0743. The lowest BCUT2D eigenvalue weighted by Crippen LogP contribution is -2.34. The number of amides is 1. The third-order valence-corrected chi connectivity index (χ3v) is 6.15. The van der Waals surface area contributed by atoms with Crippen LogP contribution in [0.3, 0.4) is 0 Å². The minimum Gasteiger partial charge on any atom is -0.336 e. The van der Waals surface area contributed by atoms with Gasteiger partial charge >= 0.3 is 0 Å². The van der Waals surface area contributed by atoms with Gasteiger partial charge in [0.15, 0.2) is 0 Å². The van der Waals surface area contributed by atoms with Crippen molar-refractivity contribution in [3.8, 4) is 0 Å². The number of nitrogens with zero attached hydrogens (tertiary/aromatic N) is 1. The smallest absolute Gasteiger partial charge is 0.262 e. The van der Waals surface area contributed by atoms with Gasteiger partial charge in [0.2, 0.25) is 0 Å². The third kappa shape index (κ3) is 3.55. The van der Waals surface area contributed by atoms with Crippen molar-refractivity contribution >= 4 is 53.2 Å². The Balaban J connectivity index is 2.47. The van der Waals surface area contributed by atoms with Gasteiger partial charge in [-0.2, -0.15) is 0 Å². The molecule has 0 N–H and O–H groups in total. The first-order chi connectivity index (χ1) is 9.61. The molecule has 1 aromatic carbocycles. The number of hydrogen-bond donors (Lipinski definition) is 0. The highest BCUT2D eigenvalue weighted by Gasteiger charge is 2.32. The molecule has 2 rings (SSSR count). The molecule has 0 aromatic heterocycles. The molecule has 21 heavy (non-hydrogen) atoms. The molecule has 0 aliphatic carbocycles. The molecule has 1 fully saturated rings. The zero-order valence-electron chi connectivity index (χ0n) is 11.4. The highest BCUT2D eigenvalue weighted by molar-refractivity contribution is 9.10. The van der Waals surface area contributed by atoms with E-state index in [0.717, 1.165) is 6.42 Å². The Morgan fingerprint density at radius 1 is 1.38 bits per heavy atom. The topological polar surface area (TPSA) is 54.5 Å². The van der Waals surface area contributed by atoms with Gasteiger partial charge in [0, 0.05) is 27.7 Å². The van der Waals surface area contributed by atoms with Crippen LogP contribution >= 0.6 is 38.2 Å². The zero-order chi connectivity index (χ0) is 15.9. The molecule has 0 spiro atoms. The third-order valence-electron chi connectivity index (χ3n) is 3.56. The number of carbonyl (C=O) groups excluding carboxylic acids is 1. The summed E-state index contributed by atoms with van der Waals surface area (Å²) < 4.78 is 23.3. The minimum absolute atomic E-state index is 0.100. The fourth-order valence-corrected chi connectivity index (χ4v) is 5.19. The van der Waals surface area contributed by atoms with Crippen molar-refractivity contribution in [1.29, 1.82) is 0 Å². The summed E-state index contributed by atoms with van der Waals surface area (Å²) in [4.78, 5) is 14.2. The maximum absolute atomic E-state index is 12.6. The van der Waals surface area contributed by atoms with E-state index < -0.39 is 9.05 Å². The molecule has 1 heterocycles. The van der Waals surface area contributed by atoms with Gasteiger partial charge in [0.05, 0.1) is 15.5 Å². The normalized spacial score (nSPS) is 22.6. The molecule has 8 heteroatoms. The van der Waals surface area contributed by atoms with Gasteiger partial charge in [0.25, 0.3) is 15.0 Å². The molecule has 116 valence electrons. The van der Waals surface area contributed by atoms with Gasteiger partial charge in [-0.1, -0.05) is 18.5 Å². The number of rotatable bonds is 2. The predicted octanol–water partition coefficient (Wildman–Crippen LogP) is 3.90. The molecule has 2 unspecified atom stereocenters. The van der Waals surface area contributed by atoms with Gasteiger partial charge in [-0.05, 0) is 47.3 Å². The van der Waals surface area contributed by atoms with E-state index in [1.807, 2.05) is 6.92 Å². The lowest BCUT2D eigenvalue weighted by atomic mass is 10.1. The van der Waals surface area contributed by atoms with Crippen molar-refractivity contribution in [3.05, 3.63) is 27.2 Å². The molecule has 0 radical (unpaired) electrons. The van der Waals surface area contributed by atoms with E-state index in [1.165, 1.54) is 12.1 Å². The summed E-state index contributed by atoms with van der Waals surface area (Å²) in [5, 5.41) is 0.197. The van der Waals surface area contributed by atoms with Gasteiger partial charge in [0.1, 0.15) is 0 Å². The molecule has 1 aliphatic heterocycles. The molecule has 1 aliphatic rings. The van der Waals surface area contributed by atoms with Crippen molar-refractivity contribution in [2.45, 2.75) is 31.2 Å². The van der Waals surface area contributed by atoms with Gasteiger partial charge < -0.3 is 4.90 Å². The number of benzene rings is 1. The summed E-state index contributed by atoms with van der Waals surface area (Å²) in [7, 11) is 1.42. The Bertz CT molecular complexity index is 693. The molecule has 0 bridgehead atoms. The standard InChI is InChI=1S/C13H14BrCl2NO3S/c1-7-3-8(2)17(6-7)13(18)9-4-12(21(16,19)20)10(14)5-11(9)15/h4-5,7-8H,3,6H2,1-2H3. The maximum atomic E-state index is 12.6. The monoisotopic (exact) mass is 413 g/mol. The van der Waals surface area contributed by atoms with Gasteiger partial charge in [-0.15, -0.1) is 0 Å². The maximum Gasteiger partial charge on any atom is 0.262 e. The average molecular weight is 415 g/mol. The van der Waals surface area contributed by atoms with E-state index in [4.69, 9.17) is 22.3 Å². The number of halogens is 3. The van der Waals surface area contributed by atoms with Crippen LogP contribution in [0, 0.1) is 5.92 Å². The summed E-state index contributed by atoms with van der Waals surface area (Å²) in [6.45, 7) is 4.67. The summed E-state index contributed by atoms with van der Waals surface area (Å²) in [6, 6.07) is 2.71. The molecular formula is C13H14BrCl2NO3S. The first kappa shape index (κ1) is 17.1. The fourth-order valence-electron chi connectivity index (χ4n) is 2.62. The van der Waals surface area contributed by atoms with Crippen LogP contribution < -0.4 is 0 Å². The quantitative estimate of drug-likeness (QED) is 0.689. The largest absolute Gasteiger partial charge is 0.336 e. The first-order valence-electron chi connectivity index (χ1n) is 6.36. The Morgan fingerprint density at radius 2 is 2.00 bits per heavy atom. The van der Waals surface area contributed by atoms with Crippen LogP contribution in [-0.4, -0.2) is 31.8 Å². The molecule has 4 nitrogen and oxygen atoms in total. The first-order valence-corrected chi connectivity index (χ1v) is 9.84. The molecular weight excluding hydrogens is 401 g/mol. The van der Waals surface area contributed by atoms with E-state index in [9.17, 15) is 13.2 Å². The molecule has 1 amide bonds. The number of likely N-dealkylation sites (tertiary alicyclic amines) is 1. The van der Waals surface area contributed by atoms with E-state index >= 15 is 0 Å². The molecule has 1 saturated heterocycles. The van der Waals surface area contributed by atoms with Crippen LogP contribution in [0.2, 0.25) is 5.02 Å². The van der Waals surface area contributed by atoms with E-state index in [2.05, 4.69) is 22.9 Å². The van der Waals surface area contributed by atoms with Crippen LogP contribution in [0.25, 0.3) is 0 Å². The number of carbonyl (C=O) groups is 1. The number of hydrogen-bond acceptors (Lipinski definition) is 3. The predicted molar refractivity (Wildman–Crippen MR) is 86.5 cm³/mol. The zero-order valence-corrected chi connectivity index (χ0v) is 15.4. The minimum atomic E-state index is -3.96. The van der Waals surface area contributed by atoms with Crippen molar-refractivity contribution in [2.75, 3.05) is 6.54 Å². The SMILES string of the molecule is CC1CC(C)N(C(=O)c2cc(S(=O)(=O)Cl)c(Br)cc2Cl)C1. The highest BCUT2D eigenvalue weighted by atomic mass is 79.9. The molecule has 2 atom stereocenters. The second kappa shape index (κ2) is 6.07. The van der Waals surface area contributed by atoms with Crippen LogP contribution in [0.15, 0.2) is 21.5 Å². The van der Waals surface area contributed by atoms with E-state index in [-0.39, 0.29) is 31.9 Å². The van der Waals surface area contributed by atoms with Gasteiger partial charge in [-0.25, -0.2) is 8.42 Å².